The Morgan fingerprint density at radius 3 is 2.23 bits per heavy atom. The summed E-state index contributed by atoms with van der Waals surface area (Å²) in [5.41, 5.74) is 8.62. The molecule has 0 spiro atoms. The van der Waals surface area contributed by atoms with E-state index < -0.39 is 23.6 Å². The van der Waals surface area contributed by atoms with Crippen molar-refractivity contribution in [3.63, 3.8) is 0 Å². The molecule has 0 amide bonds. The number of nitrogens with one attached hydrogen (secondary N) is 2. The van der Waals surface area contributed by atoms with Crippen LogP contribution in [0.15, 0.2) is 71.6 Å². The lowest BCUT2D eigenvalue weighted by atomic mass is 9.92. The van der Waals surface area contributed by atoms with Gasteiger partial charge in [-0.1, -0.05) is 6.07 Å². The van der Waals surface area contributed by atoms with Gasteiger partial charge in [-0.05, 0) is 78.2 Å². The number of guanidine groups is 1. The highest BCUT2D eigenvalue weighted by molar-refractivity contribution is 7.93. The first-order chi connectivity index (χ1) is 21.0. The number of hydrogen-bond donors (Lipinski definition) is 5. The van der Waals surface area contributed by atoms with Crippen molar-refractivity contribution in [2.75, 3.05) is 37.5 Å². The number of nitrogens with zero attached hydrogens (tertiary/aromatic N) is 3. The molecule has 0 aromatic heterocycles. The van der Waals surface area contributed by atoms with Crippen LogP contribution in [-0.4, -0.2) is 86.5 Å². The molecule has 2 aliphatic heterocycles. The van der Waals surface area contributed by atoms with Crippen molar-refractivity contribution in [1.29, 1.82) is 10.8 Å². The maximum atomic E-state index is 13.7. The normalized spacial score (nSPS) is 15.3. The van der Waals surface area contributed by atoms with E-state index in [1.807, 2.05) is 35.2 Å². The molecule has 0 saturated carbocycles. The third-order valence-electron chi connectivity index (χ3n) is 8.00. The molecule has 3 aromatic rings. The van der Waals surface area contributed by atoms with E-state index in [1.165, 1.54) is 12.1 Å². The molecule has 0 aliphatic carbocycles. The average molecular weight is 621 g/mol. The molecular weight excluding hydrogens is 583 g/mol. The van der Waals surface area contributed by atoms with Gasteiger partial charge in [0.25, 0.3) is 10.0 Å². The fourth-order valence-corrected chi connectivity index (χ4v) is 6.99. The van der Waals surface area contributed by atoms with Crippen LogP contribution in [-0.2, 0) is 23.0 Å². The summed E-state index contributed by atoms with van der Waals surface area (Å²) in [5, 5.41) is 35.9. The highest BCUT2D eigenvalue weighted by Gasteiger charge is 2.30. The zero-order valence-corrected chi connectivity index (χ0v) is 25.3. The summed E-state index contributed by atoms with van der Waals surface area (Å²) in [7, 11) is -4.45. The molecule has 0 bridgehead atoms. The number of sulfonamides is 1. The van der Waals surface area contributed by atoms with Crippen LogP contribution in [0.5, 0.6) is 11.5 Å². The SMILES string of the molecule is COc1ccc(C(=N)N2CCC(Oc3ccc(S(=O)(=O)N(CB(O)O)c4ccc5c(c4)CN(C(=N)N)CC5)cc3)CC2)cc1. The zero-order chi connectivity index (χ0) is 31.4. The molecule has 1 fully saturated rings. The summed E-state index contributed by atoms with van der Waals surface area (Å²) in [6, 6.07) is 18.7. The first-order valence-electron chi connectivity index (χ1n) is 14.4. The summed E-state index contributed by atoms with van der Waals surface area (Å²) in [4.78, 5) is 3.69. The fourth-order valence-electron chi connectivity index (χ4n) is 5.53. The predicted octanol–water partition coefficient (Wildman–Crippen LogP) is 2.02. The zero-order valence-electron chi connectivity index (χ0n) is 24.5. The Labute approximate surface area is 257 Å². The smallest absolute Gasteiger partial charge is 0.473 e. The average Bonchev–Trinajstić information content (AvgIpc) is 3.03. The molecule has 14 heteroatoms. The Balaban J connectivity index is 1.24. The van der Waals surface area contributed by atoms with E-state index in [4.69, 9.17) is 26.0 Å². The first kappa shape index (κ1) is 31.2. The van der Waals surface area contributed by atoms with Crippen LogP contribution in [0.1, 0.15) is 29.5 Å². The molecule has 2 heterocycles. The van der Waals surface area contributed by atoms with Gasteiger partial charge in [-0.3, -0.25) is 15.1 Å². The molecular formula is C30H37BN6O6S. The van der Waals surface area contributed by atoms with Gasteiger partial charge in [-0.25, -0.2) is 8.42 Å². The highest BCUT2D eigenvalue weighted by Crippen LogP contribution is 2.30. The quantitative estimate of drug-likeness (QED) is 0.136. The van der Waals surface area contributed by atoms with E-state index in [9.17, 15) is 18.5 Å². The second-order valence-electron chi connectivity index (χ2n) is 10.9. The Kier molecular flexibility index (Phi) is 9.32. The molecule has 232 valence electrons. The minimum Gasteiger partial charge on any atom is -0.497 e. The topological polar surface area (TPSA) is 176 Å². The summed E-state index contributed by atoms with van der Waals surface area (Å²) in [6.45, 7) is 2.28. The van der Waals surface area contributed by atoms with Gasteiger partial charge in [-0.15, -0.1) is 0 Å². The molecule has 5 rings (SSSR count). The van der Waals surface area contributed by atoms with E-state index in [1.54, 1.807) is 36.3 Å². The molecule has 0 unspecified atom stereocenters. The van der Waals surface area contributed by atoms with Crippen molar-refractivity contribution in [2.24, 2.45) is 5.73 Å². The Morgan fingerprint density at radius 1 is 0.955 bits per heavy atom. The number of anilines is 1. The van der Waals surface area contributed by atoms with E-state index in [0.29, 0.717) is 57.0 Å². The molecule has 3 aromatic carbocycles. The minimum absolute atomic E-state index is 0.0173. The number of benzene rings is 3. The van der Waals surface area contributed by atoms with Gasteiger partial charge < -0.3 is 35.1 Å². The number of rotatable bonds is 9. The molecule has 12 nitrogen and oxygen atoms in total. The summed E-state index contributed by atoms with van der Waals surface area (Å²) < 4.78 is 39.8. The van der Waals surface area contributed by atoms with Crippen LogP contribution in [0.25, 0.3) is 0 Å². The van der Waals surface area contributed by atoms with Crippen LogP contribution >= 0.6 is 0 Å². The van der Waals surface area contributed by atoms with Crippen molar-refractivity contribution < 1.29 is 27.9 Å². The lowest BCUT2D eigenvalue weighted by Gasteiger charge is -2.34. The van der Waals surface area contributed by atoms with Crippen LogP contribution in [0, 0.1) is 10.8 Å². The first-order valence-corrected chi connectivity index (χ1v) is 15.8. The number of amidine groups is 1. The summed E-state index contributed by atoms with van der Waals surface area (Å²) >= 11 is 0. The van der Waals surface area contributed by atoms with E-state index in [2.05, 4.69) is 0 Å². The van der Waals surface area contributed by atoms with Gasteiger partial charge in [0.1, 0.15) is 23.4 Å². The second kappa shape index (κ2) is 13.2. The van der Waals surface area contributed by atoms with Crippen LogP contribution in [0.3, 0.4) is 0 Å². The van der Waals surface area contributed by atoms with Crippen molar-refractivity contribution >= 4 is 34.6 Å². The maximum absolute atomic E-state index is 13.7. The van der Waals surface area contributed by atoms with Crippen LogP contribution in [0.2, 0.25) is 0 Å². The molecule has 1 saturated heterocycles. The van der Waals surface area contributed by atoms with Crippen molar-refractivity contribution in [2.45, 2.75) is 36.8 Å². The number of nitrogens with two attached hydrogens (primary N) is 1. The number of fused-ring (bicyclic) bond motifs is 1. The van der Waals surface area contributed by atoms with Crippen LogP contribution < -0.4 is 19.5 Å². The van der Waals surface area contributed by atoms with Gasteiger partial charge in [0.05, 0.1) is 24.1 Å². The molecule has 44 heavy (non-hydrogen) atoms. The standard InChI is InChI=1S/C30H37BN6O6S/c1-42-25-6-3-22(4-7-25)29(32)35-16-13-27(14-17-35)43-26-8-10-28(11-9-26)44(40,41)37(20-31(38)39)24-5-2-21-12-15-36(30(33)34)19-23(21)18-24/h2-11,18,27,32,38-39H,12-17,19-20H2,1H3,(H3,33,34). The van der Waals surface area contributed by atoms with Crippen molar-refractivity contribution in [3.05, 3.63) is 83.4 Å². The Bertz CT molecular complexity index is 1600. The van der Waals surface area contributed by atoms with Crippen LogP contribution in [0.4, 0.5) is 5.69 Å². The molecule has 0 radical (unpaired) electrons. The van der Waals surface area contributed by atoms with Crippen molar-refractivity contribution in [1.82, 2.24) is 9.80 Å². The minimum atomic E-state index is -4.16. The Hall–Kier alpha value is -4.27. The summed E-state index contributed by atoms with van der Waals surface area (Å²) in [5.74, 6) is 1.66. The fraction of sp³-hybridized carbons (Fsp3) is 0.333. The van der Waals surface area contributed by atoms with E-state index in [-0.39, 0.29) is 22.6 Å². The Morgan fingerprint density at radius 2 is 1.61 bits per heavy atom. The second-order valence-corrected chi connectivity index (χ2v) is 12.7. The van der Waals surface area contributed by atoms with Gasteiger partial charge in [0, 0.05) is 44.6 Å². The summed E-state index contributed by atoms with van der Waals surface area (Å²) in [6.07, 6.45) is 1.44. The number of ether oxygens (including phenoxy) is 2. The van der Waals surface area contributed by atoms with Gasteiger partial charge in [0.15, 0.2) is 5.96 Å². The maximum Gasteiger partial charge on any atom is 0.473 e. The predicted molar refractivity (Wildman–Crippen MR) is 169 cm³/mol. The third kappa shape index (κ3) is 6.93. The van der Waals surface area contributed by atoms with Gasteiger partial charge >= 0.3 is 7.12 Å². The number of piperidine rings is 1. The monoisotopic (exact) mass is 620 g/mol. The van der Waals surface area contributed by atoms with E-state index in [0.717, 1.165) is 26.7 Å². The van der Waals surface area contributed by atoms with Gasteiger partial charge in [0.2, 0.25) is 0 Å². The molecule has 6 N–H and O–H groups in total. The number of likely N-dealkylation sites (tertiary alicyclic amines) is 1. The lowest BCUT2D eigenvalue weighted by Crippen LogP contribution is -2.41. The largest absolute Gasteiger partial charge is 0.497 e. The number of hydrogen-bond acceptors (Lipinski definition) is 8. The third-order valence-corrected chi connectivity index (χ3v) is 9.80. The highest BCUT2D eigenvalue weighted by atomic mass is 32.2. The van der Waals surface area contributed by atoms with Gasteiger partial charge in [-0.2, -0.15) is 0 Å². The van der Waals surface area contributed by atoms with Crippen molar-refractivity contribution in [3.8, 4) is 11.5 Å². The molecule has 0 atom stereocenters. The molecule has 2 aliphatic rings. The lowest BCUT2D eigenvalue weighted by molar-refractivity contribution is 0.131. The number of methoxy groups -OCH3 is 1. The van der Waals surface area contributed by atoms with E-state index >= 15 is 0 Å².